The smallest absolute Gasteiger partial charge is 0.120 e. The van der Waals surface area contributed by atoms with Gasteiger partial charge in [-0.2, -0.15) is 0 Å². The second-order valence-corrected chi connectivity index (χ2v) is 6.22. The van der Waals surface area contributed by atoms with E-state index in [0.717, 1.165) is 26.4 Å². The summed E-state index contributed by atoms with van der Waals surface area (Å²) in [5, 5.41) is 0. The van der Waals surface area contributed by atoms with Crippen LogP contribution in [0.1, 0.15) is 4.88 Å². The molecule has 0 saturated heterocycles. The molecule has 90 valence electrons. The van der Waals surface area contributed by atoms with Gasteiger partial charge in [-0.05, 0) is 30.3 Å². The van der Waals surface area contributed by atoms with E-state index in [1.165, 1.54) is 4.88 Å². The Morgan fingerprint density at radius 3 is 2.82 bits per heavy atom. The second-order valence-electron chi connectivity index (χ2n) is 3.40. The van der Waals surface area contributed by atoms with Crippen LogP contribution in [0.5, 0.6) is 5.75 Å². The molecule has 1 aromatic heterocycles. The molecule has 5 heteroatoms. The van der Waals surface area contributed by atoms with E-state index in [0.29, 0.717) is 0 Å². The Labute approximate surface area is 114 Å². The number of nitrogens with two attached hydrogens (primary N) is 1. The Morgan fingerprint density at radius 1 is 1.35 bits per heavy atom. The molecule has 0 unspecified atom stereocenters. The molecule has 2 nitrogen and oxygen atoms in total. The minimum absolute atomic E-state index is 0.776. The third-order valence-electron chi connectivity index (χ3n) is 2.22. The molecule has 0 saturated carbocycles. The summed E-state index contributed by atoms with van der Waals surface area (Å²) in [7, 11) is 1.65. The maximum atomic E-state index is 5.91. The lowest BCUT2D eigenvalue weighted by Gasteiger charge is -2.07. The van der Waals surface area contributed by atoms with Crippen LogP contribution >= 0.6 is 34.7 Å². The van der Waals surface area contributed by atoms with E-state index in [2.05, 4.69) is 0 Å². The zero-order chi connectivity index (χ0) is 12.3. The number of halogens is 1. The predicted molar refractivity (Wildman–Crippen MR) is 76.3 cm³/mol. The van der Waals surface area contributed by atoms with Crippen molar-refractivity contribution in [1.29, 1.82) is 0 Å². The van der Waals surface area contributed by atoms with Crippen molar-refractivity contribution < 1.29 is 4.74 Å². The Bertz CT molecular complexity index is 513. The summed E-state index contributed by atoms with van der Waals surface area (Å²) in [6, 6.07) is 9.63. The highest BCUT2D eigenvalue weighted by atomic mass is 35.5. The number of hydrogen-bond acceptors (Lipinski definition) is 4. The van der Waals surface area contributed by atoms with Crippen molar-refractivity contribution in [2.45, 2.75) is 10.6 Å². The molecule has 0 atom stereocenters. The number of nitrogen functional groups attached to an aromatic ring is 1. The Balaban J connectivity index is 2.07. The van der Waals surface area contributed by atoms with Gasteiger partial charge in [0.2, 0.25) is 0 Å². The topological polar surface area (TPSA) is 35.2 Å². The van der Waals surface area contributed by atoms with Crippen LogP contribution in [0, 0.1) is 0 Å². The second kappa shape index (κ2) is 5.67. The van der Waals surface area contributed by atoms with Crippen LogP contribution in [0.2, 0.25) is 4.34 Å². The van der Waals surface area contributed by atoms with E-state index in [4.69, 9.17) is 22.1 Å². The van der Waals surface area contributed by atoms with E-state index in [9.17, 15) is 0 Å². The lowest BCUT2D eigenvalue weighted by molar-refractivity contribution is 0.414. The highest BCUT2D eigenvalue weighted by Crippen LogP contribution is 2.33. The van der Waals surface area contributed by atoms with Crippen LogP contribution in [0.3, 0.4) is 0 Å². The van der Waals surface area contributed by atoms with Gasteiger partial charge >= 0.3 is 0 Å². The Hall–Kier alpha value is -0.840. The molecule has 1 aromatic carbocycles. The van der Waals surface area contributed by atoms with E-state index in [-0.39, 0.29) is 0 Å². The van der Waals surface area contributed by atoms with Crippen LogP contribution in [0.4, 0.5) is 5.69 Å². The van der Waals surface area contributed by atoms with Gasteiger partial charge in [0, 0.05) is 21.2 Å². The third kappa shape index (κ3) is 3.31. The van der Waals surface area contributed by atoms with Crippen LogP contribution in [-0.2, 0) is 5.75 Å². The van der Waals surface area contributed by atoms with E-state index in [1.807, 2.05) is 30.3 Å². The predicted octanol–water partition coefficient (Wildman–Crippen LogP) is 4.28. The highest BCUT2D eigenvalue weighted by molar-refractivity contribution is 7.98. The van der Waals surface area contributed by atoms with Crippen LogP contribution in [0.15, 0.2) is 35.2 Å². The van der Waals surface area contributed by atoms with Gasteiger partial charge in [-0.15, -0.1) is 23.1 Å². The number of rotatable bonds is 4. The van der Waals surface area contributed by atoms with Crippen molar-refractivity contribution in [3.05, 3.63) is 39.5 Å². The van der Waals surface area contributed by atoms with Gasteiger partial charge in [-0.25, -0.2) is 0 Å². The lowest BCUT2D eigenvalue weighted by atomic mass is 10.3. The molecule has 0 fully saturated rings. The lowest BCUT2D eigenvalue weighted by Crippen LogP contribution is -1.90. The summed E-state index contributed by atoms with van der Waals surface area (Å²) < 4.78 is 6.00. The van der Waals surface area contributed by atoms with Gasteiger partial charge in [0.15, 0.2) is 0 Å². The summed E-state index contributed by atoms with van der Waals surface area (Å²) in [5.74, 6) is 1.69. The molecule has 2 rings (SSSR count). The standard InChI is InChI=1S/C12H12ClNOS2/c1-15-8-2-4-10(14)11(6-8)16-7-9-3-5-12(13)17-9/h2-6H,7,14H2,1H3. The fourth-order valence-corrected chi connectivity index (χ4v) is 3.47. The normalized spacial score (nSPS) is 10.5. The number of benzene rings is 1. The molecule has 2 N–H and O–H groups in total. The molecule has 0 amide bonds. The third-order valence-corrected chi connectivity index (χ3v) is 4.75. The first-order valence-electron chi connectivity index (χ1n) is 4.99. The maximum Gasteiger partial charge on any atom is 0.120 e. The van der Waals surface area contributed by atoms with Gasteiger partial charge in [0.1, 0.15) is 5.75 Å². The van der Waals surface area contributed by atoms with Crippen molar-refractivity contribution in [3.8, 4) is 5.75 Å². The number of methoxy groups -OCH3 is 1. The first-order chi connectivity index (χ1) is 8.19. The summed E-state index contributed by atoms with van der Waals surface area (Å²) in [6.07, 6.45) is 0. The van der Waals surface area contributed by atoms with Crippen molar-refractivity contribution in [3.63, 3.8) is 0 Å². The summed E-state index contributed by atoms with van der Waals surface area (Å²) in [4.78, 5) is 2.27. The largest absolute Gasteiger partial charge is 0.497 e. The zero-order valence-electron chi connectivity index (χ0n) is 9.27. The SMILES string of the molecule is COc1ccc(N)c(SCc2ccc(Cl)s2)c1. The fraction of sp³-hybridized carbons (Fsp3) is 0.167. The molecule has 17 heavy (non-hydrogen) atoms. The first-order valence-corrected chi connectivity index (χ1v) is 7.17. The van der Waals surface area contributed by atoms with Gasteiger partial charge < -0.3 is 10.5 Å². The molecule has 0 aliphatic heterocycles. The van der Waals surface area contributed by atoms with Gasteiger partial charge in [-0.3, -0.25) is 0 Å². The summed E-state index contributed by atoms with van der Waals surface area (Å²) in [6.45, 7) is 0. The van der Waals surface area contributed by atoms with E-state index in [1.54, 1.807) is 30.2 Å². The molecular formula is C12H12ClNOS2. The van der Waals surface area contributed by atoms with Gasteiger partial charge in [0.05, 0.1) is 11.4 Å². The van der Waals surface area contributed by atoms with E-state index >= 15 is 0 Å². The number of anilines is 1. The molecule has 0 aliphatic rings. The minimum Gasteiger partial charge on any atom is -0.497 e. The zero-order valence-corrected chi connectivity index (χ0v) is 11.7. The van der Waals surface area contributed by atoms with Crippen molar-refractivity contribution in [1.82, 2.24) is 0 Å². The molecule has 2 aromatic rings. The van der Waals surface area contributed by atoms with Gasteiger partial charge in [0.25, 0.3) is 0 Å². The van der Waals surface area contributed by atoms with Crippen LogP contribution in [0.25, 0.3) is 0 Å². The molecule has 1 heterocycles. The molecule has 0 bridgehead atoms. The van der Waals surface area contributed by atoms with Crippen LogP contribution < -0.4 is 10.5 Å². The number of hydrogen-bond donors (Lipinski definition) is 1. The average Bonchev–Trinajstić information content (AvgIpc) is 2.74. The number of thioether (sulfide) groups is 1. The van der Waals surface area contributed by atoms with Gasteiger partial charge in [-0.1, -0.05) is 11.6 Å². The Kier molecular flexibility index (Phi) is 4.20. The number of thiophene rings is 1. The Morgan fingerprint density at radius 2 is 2.18 bits per heavy atom. The highest BCUT2D eigenvalue weighted by Gasteiger charge is 2.04. The maximum absolute atomic E-state index is 5.91. The van der Waals surface area contributed by atoms with Crippen LogP contribution in [-0.4, -0.2) is 7.11 Å². The molecule has 0 aliphatic carbocycles. The van der Waals surface area contributed by atoms with Crippen molar-refractivity contribution >= 4 is 40.4 Å². The molecule has 0 spiro atoms. The van der Waals surface area contributed by atoms with Crippen molar-refractivity contribution in [2.24, 2.45) is 0 Å². The average molecular weight is 286 g/mol. The minimum atomic E-state index is 0.776. The summed E-state index contributed by atoms with van der Waals surface area (Å²) in [5.41, 5.74) is 6.69. The molecular weight excluding hydrogens is 274 g/mol. The van der Waals surface area contributed by atoms with E-state index < -0.39 is 0 Å². The monoisotopic (exact) mass is 285 g/mol. The summed E-state index contributed by atoms with van der Waals surface area (Å²) >= 11 is 9.17. The number of ether oxygens (including phenoxy) is 1. The van der Waals surface area contributed by atoms with Crippen molar-refractivity contribution in [2.75, 3.05) is 12.8 Å². The first kappa shape index (κ1) is 12.6. The fourth-order valence-electron chi connectivity index (χ4n) is 1.34. The molecule has 0 radical (unpaired) electrons. The quantitative estimate of drug-likeness (QED) is 0.672.